The highest BCUT2D eigenvalue weighted by Gasteiger charge is 2.51. The Labute approximate surface area is 199 Å². The molecule has 0 atom stereocenters. The number of pyridine rings is 1. The van der Waals surface area contributed by atoms with Gasteiger partial charge in [0.25, 0.3) is 5.69 Å². The van der Waals surface area contributed by atoms with Gasteiger partial charge in [0, 0.05) is 34.6 Å². The Morgan fingerprint density at radius 1 is 1.09 bits per heavy atom. The molecule has 1 aliphatic heterocycles. The smallest absolute Gasteiger partial charge is 0.399 e. The van der Waals surface area contributed by atoms with E-state index in [2.05, 4.69) is 30.9 Å². The highest BCUT2D eigenvalue weighted by Crippen LogP contribution is 2.36. The van der Waals surface area contributed by atoms with Gasteiger partial charge in [0.05, 0.1) is 27.9 Å². The monoisotopic (exact) mass is 517 g/mol. The van der Waals surface area contributed by atoms with E-state index in [0.717, 1.165) is 6.20 Å². The molecule has 9 nitrogen and oxygen atoms in total. The summed E-state index contributed by atoms with van der Waals surface area (Å²) >= 11 is 3.20. The summed E-state index contributed by atoms with van der Waals surface area (Å²) in [6.45, 7) is 7.83. The number of nitro groups is 1. The predicted octanol–water partition coefficient (Wildman–Crippen LogP) is 3.92. The largest absolute Gasteiger partial charge is 0.496 e. The van der Waals surface area contributed by atoms with Crippen molar-refractivity contribution < 1.29 is 18.6 Å². The van der Waals surface area contributed by atoms with Gasteiger partial charge in [0.1, 0.15) is 11.5 Å². The summed E-state index contributed by atoms with van der Waals surface area (Å²) in [6.07, 6.45) is 5.82. The molecule has 0 aliphatic carbocycles. The molecule has 3 aromatic rings. The molecule has 1 saturated heterocycles. The zero-order chi connectivity index (χ0) is 24.4. The fraction of sp³-hybridized carbons (Fsp3) is 0.286. The van der Waals surface area contributed by atoms with Crippen LogP contribution in [0, 0.1) is 15.9 Å². The molecule has 33 heavy (non-hydrogen) atoms. The normalized spacial score (nSPS) is 16.1. The molecule has 1 fully saturated rings. The summed E-state index contributed by atoms with van der Waals surface area (Å²) in [5.74, 6) is -0.0263. The Bertz CT molecular complexity index is 1150. The van der Waals surface area contributed by atoms with Gasteiger partial charge in [-0.15, -0.1) is 0 Å². The molecule has 12 heteroatoms. The third kappa shape index (κ3) is 5.52. The summed E-state index contributed by atoms with van der Waals surface area (Å²) < 4.78 is 25.1. The molecule has 172 valence electrons. The summed E-state index contributed by atoms with van der Waals surface area (Å²) in [6, 6.07) is 6.04. The number of nitrogen functional groups attached to an aromatic ring is 1. The number of nitrogens with two attached hydrogens (primary N) is 1. The van der Waals surface area contributed by atoms with Gasteiger partial charge in [0.15, 0.2) is 5.82 Å². The van der Waals surface area contributed by atoms with Gasteiger partial charge in [-0.05, 0) is 45.9 Å². The van der Waals surface area contributed by atoms with E-state index in [9.17, 15) is 14.5 Å². The maximum Gasteiger partial charge on any atom is 0.496 e. The van der Waals surface area contributed by atoms with Crippen LogP contribution in [0.2, 0.25) is 0 Å². The molecule has 0 radical (unpaired) electrons. The van der Waals surface area contributed by atoms with E-state index in [1.54, 1.807) is 30.7 Å². The van der Waals surface area contributed by atoms with E-state index < -0.39 is 23.2 Å². The minimum absolute atomic E-state index is 0.0596. The van der Waals surface area contributed by atoms with Crippen LogP contribution in [0.4, 0.5) is 15.8 Å². The van der Waals surface area contributed by atoms with E-state index in [-0.39, 0.29) is 17.2 Å². The van der Waals surface area contributed by atoms with Gasteiger partial charge in [-0.1, -0.05) is 15.9 Å². The van der Waals surface area contributed by atoms with Gasteiger partial charge in [-0.3, -0.25) is 15.1 Å². The summed E-state index contributed by atoms with van der Waals surface area (Å²) in [5.41, 5.74) is 5.86. The van der Waals surface area contributed by atoms with E-state index in [0.29, 0.717) is 21.3 Å². The second kappa shape index (κ2) is 9.50. The zero-order valence-electron chi connectivity index (χ0n) is 18.5. The Balaban J connectivity index is 0.000000186. The van der Waals surface area contributed by atoms with Crippen molar-refractivity contribution in [2.75, 3.05) is 5.73 Å². The average molecular weight is 518 g/mol. The van der Waals surface area contributed by atoms with Crippen LogP contribution in [0.1, 0.15) is 27.7 Å². The number of rotatable bonds is 3. The number of anilines is 1. The molecule has 1 aliphatic rings. The number of halogens is 2. The molecule has 1 aromatic carbocycles. The van der Waals surface area contributed by atoms with Crippen molar-refractivity contribution >= 4 is 39.9 Å². The van der Waals surface area contributed by atoms with Crippen molar-refractivity contribution in [1.82, 2.24) is 15.0 Å². The topological polar surface area (TPSA) is 126 Å². The number of nitrogens with zero attached hydrogens (tertiary/aromatic N) is 4. The van der Waals surface area contributed by atoms with Crippen molar-refractivity contribution in [3.8, 4) is 11.4 Å². The first-order valence-corrected chi connectivity index (χ1v) is 10.7. The Hall–Kier alpha value is -2.96. The fourth-order valence-electron chi connectivity index (χ4n) is 2.91. The molecular weight excluding hydrogens is 496 g/mol. The van der Waals surface area contributed by atoms with E-state index in [1.807, 2.05) is 27.7 Å². The number of hydrogen-bond donors (Lipinski definition) is 1. The maximum atomic E-state index is 13.0. The van der Waals surface area contributed by atoms with E-state index >= 15 is 0 Å². The first-order chi connectivity index (χ1) is 15.4. The number of hydrogen-bond acceptors (Lipinski definition) is 8. The third-order valence-electron chi connectivity index (χ3n) is 5.38. The van der Waals surface area contributed by atoms with Gasteiger partial charge in [0.2, 0.25) is 0 Å². The van der Waals surface area contributed by atoms with Crippen LogP contribution in [0.5, 0.6) is 0 Å². The summed E-state index contributed by atoms with van der Waals surface area (Å²) in [5, 5.41) is 10.8. The van der Waals surface area contributed by atoms with Gasteiger partial charge >= 0.3 is 7.12 Å². The highest BCUT2D eigenvalue weighted by molar-refractivity contribution is 9.10. The average Bonchev–Trinajstić information content (AvgIpc) is 2.97. The Morgan fingerprint density at radius 3 is 2.24 bits per heavy atom. The Kier molecular flexibility index (Phi) is 7.10. The minimum Gasteiger partial charge on any atom is -0.399 e. The van der Waals surface area contributed by atoms with Crippen LogP contribution in [0.3, 0.4) is 0 Å². The Morgan fingerprint density at radius 2 is 1.70 bits per heavy atom. The lowest BCUT2D eigenvalue weighted by molar-refractivity contribution is -0.383. The first-order valence-electron chi connectivity index (χ1n) is 9.88. The van der Waals surface area contributed by atoms with Gasteiger partial charge < -0.3 is 15.0 Å². The lowest BCUT2D eigenvalue weighted by Gasteiger charge is -2.32. The van der Waals surface area contributed by atoms with Gasteiger partial charge in [-0.2, -0.15) is 0 Å². The molecule has 0 unspecified atom stereocenters. The van der Waals surface area contributed by atoms with E-state index in [1.165, 1.54) is 12.1 Å². The van der Waals surface area contributed by atoms with Crippen molar-refractivity contribution in [2.24, 2.45) is 0 Å². The van der Waals surface area contributed by atoms with Crippen LogP contribution in [0.15, 0.2) is 53.5 Å². The van der Waals surface area contributed by atoms with Crippen LogP contribution in [-0.4, -0.2) is 38.2 Å². The van der Waals surface area contributed by atoms with Crippen molar-refractivity contribution in [3.63, 3.8) is 0 Å². The van der Waals surface area contributed by atoms with Crippen LogP contribution >= 0.6 is 15.9 Å². The van der Waals surface area contributed by atoms with Crippen LogP contribution in [-0.2, 0) is 9.31 Å². The van der Waals surface area contributed by atoms with Crippen LogP contribution in [0.25, 0.3) is 11.4 Å². The van der Waals surface area contributed by atoms with Crippen molar-refractivity contribution in [3.05, 3.63) is 69.5 Å². The molecule has 4 rings (SSSR count). The molecule has 0 bridgehead atoms. The summed E-state index contributed by atoms with van der Waals surface area (Å²) in [4.78, 5) is 22.1. The highest BCUT2D eigenvalue weighted by atomic mass is 79.9. The molecule has 2 N–H and O–H groups in total. The van der Waals surface area contributed by atoms with Crippen LogP contribution < -0.4 is 11.2 Å². The summed E-state index contributed by atoms with van der Waals surface area (Å²) in [7, 11) is -0.548. The maximum absolute atomic E-state index is 13.0. The SMILES string of the molecule is CC1(C)OB(c2cncc(F)c2)OC1(C)C.Nc1c(-c2ncccn2)cc(Br)cc1[N+](=O)[O-]. The molecule has 3 heterocycles. The quantitative estimate of drug-likeness (QED) is 0.240. The first kappa shape index (κ1) is 24.7. The number of aromatic nitrogens is 3. The molecular formula is C21H22BBrFN5O4. The van der Waals surface area contributed by atoms with Crippen molar-refractivity contribution in [2.45, 2.75) is 38.9 Å². The predicted molar refractivity (Wildman–Crippen MR) is 126 cm³/mol. The third-order valence-corrected chi connectivity index (χ3v) is 5.84. The molecule has 0 saturated carbocycles. The number of nitro benzene ring substituents is 1. The molecule has 0 spiro atoms. The van der Waals surface area contributed by atoms with Crippen molar-refractivity contribution in [1.29, 1.82) is 0 Å². The number of benzene rings is 1. The lowest BCUT2D eigenvalue weighted by atomic mass is 9.80. The molecule has 2 aromatic heterocycles. The fourth-order valence-corrected chi connectivity index (χ4v) is 3.36. The molecule has 0 amide bonds. The van der Waals surface area contributed by atoms with E-state index in [4.69, 9.17) is 15.0 Å². The second-order valence-electron chi connectivity index (χ2n) is 8.24. The standard InChI is InChI=1S/C11H15BFNO2.C10H7BrN4O2/c1-10(2)11(3,4)16-12(15-10)8-5-9(13)7-14-6-8;11-6-4-7(10-13-2-1-3-14-10)9(12)8(5-6)15(16)17/h5-7H,1-4H3;1-5H,12H2. The zero-order valence-corrected chi connectivity index (χ0v) is 20.0. The minimum atomic E-state index is -0.548. The van der Waals surface area contributed by atoms with Gasteiger partial charge in [-0.25, -0.2) is 14.4 Å². The lowest BCUT2D eigenvalue weighted by Crippen LogP contribution is -2.41. The second-order valence-corrected chi connectivity index (χ2v) is 9.16.